The Hall–Kier alpha value is -0.410. The van der Waals surface area contributed by atoms with Crippen molar-refractivity contribution in [2.24, 2.45) is 0 Å². The second-order valence-corrected chi connectivity index (χ2v) is 4.11. The van der Waals surface area contributed by atoms with Crippen molar-refractivity contribution in [1.82, 2.24) is 4.98 Å². The molecule has 1 aromatic heterocycles. The molecule has 0 radical (unpaired) electrons. The van der Waals surface area contributed by atoms with Crippen LogP contribution in [0.15, 0.2) is 22.9 Å². The quantitative estimate of drug-likeness (QED) is 0.706. The number of aromatic nitrogens is 1. The fraction of sp³-hybridized carbons (Fsp3) is 0.500. The van der Waals surface area contributed by atoms with E-state index in [4.69, 9.17) is 4.74 Å². The number of nitrogens with zero attached hydrogens (tertiary/aromatic N) is 1. The lowest BCUT2D eigenvalue weighted by molar-refractivity contribution is 0.0852. The SMILES string of the molecule is Brc1ccc(C2CCOCC2)cn1. The first-order valence-electron chi connectivity index (χ1n) is 4.55. The van der Waals surface area contributed by atoms with Crippen LogP contribution in [0, 0.1) is 0 Å². The smallest absolute Gasteiger partial charge is 0.106 e. The van der Waals surface area contributed by atoms with Crippen molar-refractivity contribution in [3.63, 3.8) is 0 Å². The van der Waals surface area contributed by atoms with Crippen molar-refractivity contribution < 1.29 is 4.74 Å². The number of ether oxygens (including phenoxy) is 1. The van der Waals surface area contributed by atoms with E-state index < -0.39 is 0 Å². The van der Waals surface area contributed by atoms with Crippen molar-refractivity contribution in [3.8, 4) is 0 Å². The molecule has 1 fully saturated rings. The molecule has 1 saturated heterocycles. The van der Waals surface area contributed by atoms with E-state index in [0.717, 1.165) is 30.7 Å². The third-order valence-corrected chi connectivity index (χ3v) is 2.91. The molecule has 0 amide bonds. The zero-order chi connectivity index (χ0) is 9.10. The summed E-state index contributed by atoms with van der Waals surface area (Å²) in [4.78, 5) is 4.23. The molecule has 3 heteroatoms. The summed E-state index contributed by atoms with van der Waals surface area (Å²) in [5.41, 5.74) is 1.34. The molecule has 2 rings (SSSR count). The van der Waals surface area contributed by atoms with Crippen LogP contribution in [0.5, 0.6) is 0 Å². The fourth-order valence-electron chi connectivity index (χ4n) is 1.66. The Kier molecular flexibility index (Phi) is 2.96. The second kappa shape index (κ2) is 4.20. The van der Waals surface area contributed by atoms with Crippen LogP contribution in [0.3, 0.4) is 0 Å². The zero-order valence-corrected chi connectivity index (χ0v) is 8.96. The van der Waals surface area contributed by atoms with Crippen molar-refractivity contribution >= 4 is 15.9 Å². The molecule has 0 unspecified atom stereocenters. The molecule has 13 heavy (non-hydrogen) atoms. The Morgan fingerprint density at radius 1 is 1.31 bits per heavy atom. The number of pyridine rings is 1. The molecule has 0 saturated carbocycles. The highest BCUT2D eigenvalue weighted by molar-refractivity contribution is 9.10. The Morgan fingerprint density at radius 2 is 2.08 bits per heavy atom. The third kappa shape index (κ3) is 2.29. The topological polar surface area (TPSA) is 22.1 Å². The maximum absolute atomic E-state index is 5.32. The van der Waals surface area contributed by atoms with Gasteiger partial charge in [-0.25, -0.2) is 4.98 Å². The van der Waals surface area contributed by atoms with Crippen molar-refractivity contribution in [1.29, 1.82) is 0 Å². The summed E-state index contributed by atoms with van der Waals surface area (Å²) in [5.74, 6) is 0.648. The van der Waals surface area contributed by atoms with Crippen molar-refractivity contribution in [3.05, 3.63) is 28.5 Å². The number of hydrogen-bond acceptors (Lipinski definition) is 2. The molecule has 1 aliphatic heterocycles. The molecule has 0 atom stereocenters. The largest absolute Gasteiger partial charge is 0.381 e. The number of hydrogen-bond donors (Lipinski definition) is 0. The average Bonchev–Trinajstić information content (AvgIpc) is 2.20. The molecule has 0 N–H and O–H groups in total. The van der Waals surface area contributed by atoms with E-state index in [1.165, 1.54) is 5.56 Å². The highest BCUT2D eigenvalue weighted by Gasteiger charge is 2.15. The van der Waals surface area contributed by atoms with Crippen LogP contribution >= 0.6 is 15.9 Å². The number of halogens is 1. The molecular weight excluding hydrogens is 230 g/mol. The first-order chi connectivity index (χ1) is 6.36. The van der Waals surface area contributed by atoms with E-state index in [2.05, 4.69) is 27.0 Å². The highest BCUT2D eigenvalue weighted by atomic mass is 79.9. The van der Waals surface area contributed by atoms with Crippen LogP contribution in [0.1, 0.15) is 24.3 Å². The van der Waals surface area contributed by atoms with Gasteiger partial charge in [0.15, 0.2) is 0 Å². The maximum Gasteiger partial charge on any atom is 0.106 e. The molecule has 1 aliphatic rings. The van der Waals surface area contributed by atoms with E-state index in [-0.39, 0.29) is 0 Å². The van der Waals surface area contributed by atoms with Crippen LogP contribution < -0.4 is 0 Å². The third-order valence-electron chi connectivity index (χ3n) is 2.44. The van der Waals surface area contributed by atoms with Gasteiger partial charge in [0.1, 0.15) is 4.60 Å². The van der Waals surface area contributed by atoms with Gasteiger partial charge in [0.25, 0.3) is 0 Å². The summed E-state index contributed by atoms with van der Waals surface area (Å²) in [6, 6.07) is 4.15. The summed E-state index contributed by atoms with van der Waals surface area (Å²) in [5, 5.41) is 0. The van der Waals surface area contributed by atoms with Crippen LogP contribution in [-0.2, 0) is 4.74 Å². The first-order valence-corrected chi connectivity index (χ1v) is 5.35. The standard InChI is InChI=1S/C10H12BrNO/c11-10-2-1-9(7-12-10)8-3-5-13-6-4-8/h1-2,7-8H,3-6H2. The first kappa shape index (κ1) is 9.16. The minimum Gasteiger partial charge on any atom is -0.381 e. The van der Waals surface area contributed by atoms with E-state index >= 15 is 0 Å². The Bertz CT molecular complexity index is 267. The monoisotopic (exact) mass is 241 g/mol. The molecular formula is C10H12BrNO. The van der Waals surface area contributed by atoms with Crippen LogP contribution in [0.25, 0.3) is 0 Å². The van der Waals surface area contributed by atoms with E-state index in [1.807, 2.05) is 12.3 Å². The lowest BCUT2D eigenvalue weighted by Gasteiger charge is -2.21. The van der Waals surface area contributed by atoms with Gasteiger partial charge >= 0.3 is 0 Å². The van der Waals surface area contributed by atoms with Crippen LogP contribution in [-0.4, -0.2) is 18.2 Å². The predicted octanol–water partition coefficient (Wildman–Crippen LogP) is 2.74. The lowest BCUT2D eigenvalue weighted by atomic mass is 9.93. The molecule has 0 spiro atoms. The Labute approximate surface area is 86.5 Å². The molecule has 0 aromatic carbocycles. The minimum atomic E-state index is 0.648. The van der Waals surface area contributed by atoms with Gasteiger partial charge in [-0.2, -0.15) is 0 Å². The summed E-state index contributed by atoms with van der Waals surface area (Å²) in [6.07, 6.45) is 4.21. The van der Waals surface area contributed by atoms with Gasteiger partial charge in [0.05, 0.1) is 0 Å². The van der Waals surface area contributed by atoms with Gasteiger partial charge < -0.3 is 4.74 Å². The van der Waals surface area contributed by atoms with Gasteiger partial charge in [0.2, 0.25) is 0 Å². The maximum atomic E-state index is 5.32. The van der Waals surface area contributed by atoms with Crippen LogP contribution in [0.2, 0.25) is 0 Å². The molecule has 2 heterocycles. The summed E-state index contributed by atoms with van der Waals surface area (Å²) in [7, 11) is 0. The molecule has 0 aliphatic carbocycles. The second-order valence-electron chi connectivity index (χ2n) is 3.30. The molecule has 2 nitrogen and oxygen atoms in total. The minimum absolute atomic E-state index is 0.648. The molecule has 70 valence electrons. The van der Waals surface area contributed by atoms with Crippen molar-refractivity contribution in [2.75, 3.05) is 13.2 Å². The predicted molar refractivity (Wildman–Crippen MR) is 54.7 cm³/mol. The summed E-state index contributed by atoms with van der Waals surface area (Å²) < 4.78 is 6.22. The van der Waals surface area contributed by atoms with E-state index in [0.29, 0.717) is 5.92 Å². The van der Waals surface area contributed by atoms with E-state index in [9.17, 15) is 0 Å². The van der Waals surface area contributed by atoms with Gasteiger partial charge in [-0.3, -0.25) is 0 Å². The number of rotatable bonds is 1. The van der Waals surface area contributed by atoms with Gasteiger partial charge in [0, 0.05) is 19.4 Å². The Balaban J connectivity index is 2.10. The summed E-state index contributed by atoms with van der Waals surface area (Å²) >= 11 is 3.33. The molecule has 0 bridgehead atoms. The van der Waals surface area contributed by atoms with Crippen LogP contribution in [0.4, 0.5) is 0 Å². The highest BCUT2D eigenvalue weighted by Crippen LogP contribution is 2.26. The Morgan fingerprint density at radius 3 is 2.69 bits per heavy atom. The van der Waals surface area contributed by atoms with Crippen molar-refractivity contribution in [2.45, 2.75) is 18.8 Å². The van der Waals surface area contributed by atoms with Gasteiger partial charge in [-0.15, -0.1) is 0 Å². The lowest BCUT2D eigenvalue weighted by Crippen LogP contribution is -2.14. The average molecular weight is 242 g/mol. The fourth-order valence-corrected chi connectivity index (χ4v) is 1.89. The van der Waals surface area contributed by atoms with Gasteiger partial charge in [-0.1, -0.05) is 6.07 Å². The zero-order valence-electron chi connectivity index (χ0n) is 7.37. The normalized spacial score (nSPS) is 18.8. The van der Waals surface area contributed by atoms with E-state index in [1.54, 1.807) is 0 Å². The van der Waals surface area contributed by atoms with Gasteiger partial charge in [-0.05, 0) is 46.3 Å². The molecule has 1 aromatic rings. The summed E-state index contributed by atoms with van der Waals surface area (Å²) in [6.45, 7) is 1.78.